The summed E-state index contributed by atoms with van der Waals surface area (Å²) in [6, 6.07) is 19.2. The zero-order valence-electron chi connectivity index (χ0n) is 23.0. The predicted molar refractivity (Wildman–Crippen MR) is 161 cm³/mol. The van der Waals surface area contributed by atoms with E-state index in [2.05, 4.69) is 5.32 Å². The summed E-state index contributed by atoms with van der Waals surface area (Å²) < 4.78 is 34.5. The molecule has 3 aromatic carbocycles. The van der Waals surface area contributed by atoms with E-state index in [-0.39, 0.29) is 17.3 Å². The van der Waals surface area contributed by atoms with Crippen LogP contribution in [0, 0.1) is 0 Å². The van der Waals surface area contributed by atoms with Crippen molar-refractivity contribution in [3.63, 3.8) is 0 Å². The summed E-state index contributed by atoms with van der Waals surface area (Å²) in [6.45, 7) is 3.70. The first kappa shape index (κ1) is 31.3. The minimum atomic E-state index is -4.15. The van der Waals surface area contributed by atoms with Crippen molar-refractivity contribution in [2.24, 2.45) is 0 Å². The quantitative estimate of drug-likeness (QED) is 0.270. The van der Waals surface area contributed by atoms with Crippen LogP contribution in [0.4, 0.5) is 5.69 Å². The number of thioether (sulfide) groups is 1. The van der Waals surface area contributed by atoms with Crippen LogP contribution in [0.2, 0.25) is 5.02 Å². The van der Waals surface area contributed by atoms with Crippen LogP contribution in [0.5, 0.6) is 5.75 Å². The molecule has 3 rings (SSSR count). The van der Waals surface area contributed by atoms with E-state index >= 15 is 0 Å². The molecule has 11 heteroatoms. The number of nitrogens with one attached hydrogen (secondary N) is 1. The van der Waals surface area contributed by atoms with E-state index < -0.39 is 28.5 Å². The van der Waals surface area contributed by atoms with Crippen molar-refractivity contribution in [1.82, 2.24) is 10.2 Å². The Bertz CT molecular complexity index is 1380. The summed E-state index contributed by atoms with van der Waals surface area (Å²) in [5.41, 5.74) is 1.05. The number of likely N-dealkylation sites (N-methyl/N-ethyl adjacent to an activating group) is 1. The van der Waals surface area contributed by atoms with Gasteiger partial charge in [-0.1, -0.05) is 30.7 Å². The maximum absolute atomic E-state index is 14.0. The summed E-state index contributed by atoms with van der Waals surface area (Å²) in [5.74, 6) is -0.286. The van der Waals surface area contributed by atoms with Crippen LogP contribution < -0.4 is 14.4 Å². The van der Waals surface area contributed by atoms with Gasteiger partial charge in [-0.15, -0.1) is 11.8 Å². The first-order chi connectivity index (χ1) is 19.1. The number of anilines is 1. The zero-order chi connectivity index (χ0) is 29.3. The molecule has 0 bridgehead atoms. The van der Waals surface area contributed by atoms with Crippen molar-refractivity contribution in [1.29, 1.82) is 0 Å². The molecule has 0 heterocycles. The largest absolute Gasteiger partial charge is 0.494 e. The molecule has 0 aliphatic heterocycles. The number of amides is 2. The number of halogens is 1. The molecular formula is C29H34ClN3O5S2. The molecule has 0 saturated heterocycles. The predicted octanol–water partition coefficient (Wildman–Crippen LogP) is 5.21. The number of carbonyl (C=O) groups excluding carboxylic acids is 2. The number of hydrogen-bond donors (Lipinski definition) is 1. The molecule has 0 saturated carbocycles. The summed E-state index contributed by atoms with van der Waals surface area (Å²) in [5, 5.41) is 3.16. The second-order valence-corrected chi connectivity index (χ2v) is 12.0. The number of sulfonamides is 1. The first-order valence-corrected chi connectivity index (χ1v) is 15.8. The Morgan fingerprint density at radius 3 is 2.12 bits per heavy atom. The van der Waals surface area contributed by atoms with Gasteiger partial charge in [-0.25, -0.2) is 8.42 Å². The summed E-state index contributed by atoms with van der Waals surface area (Å²) in [4.78, 5) is 29.1. The van der Waals surface area contributed by atoms with Crippen LogP contribution in [-0.4, -0.2) is 57.6 Å². The number of carbonyl (C=O) groups is 2. The number of nitrogens with zero attached hydrogens (tertiary/aromatic N) is 2. The van der Waals surface area contributed by atoms with Gasteiger partial charge in [-0.05, 0) is 85.8 Å². The highest BCUT2D eigenvalue weighted by molar-refractivity contribution is 7.98. The standard InChI is InChI=1S/C29H34ClN3O5S2/c1-5-27(29(35)31-3)32(19-21-7-9-22(30)10-8-21)28(34)20-33(23-11-13-24(14-12-23)38-6-2)40(36,37)26-17-15-25(39-4)16-18-26/h7-18,27H,5-6,19-20H2,1-4H3,(H,31,35). The van der Waals surface area contributed by atoms with Gasteiger partial charge in [0.25, 0.3) is 10.0 Å². The average molecular weight is 604 g/mol. The van der Waals surface area contributed by atoms with Crippen molar-refractivity contribution in [2.75, 3.05) is 30.8 Å². The fourth-order valence-electron chi connectivity index (χ4n) is 4.15. The van der Waals surface area contributed by atoms with Gasteiger partial charge in [0.15, 0.2) is 0 Å². The Hall–Kier alpha value is -3.21. The lowest BCUT2D eigenvalue weighted by Gasteiger charge is -2.33. The fourth-order valence-corrected chi connectivity index (χ4v) is 6.10. The van der Waals surface area contributed by atoms with E-state index in [0.29, 0.717) is 29.5 Å². The van der Waals surface area contributed by atoms with E-state index in [4.69, 9.17) is 16.3 Å². The zero-order valence-corrected chi connectivity index (χ0v) is 25.4. The third kappa shape index (κ3) is 7.71. The third-order valence-electron chi connectivity index (χ3n) is 6.26. The van der Waals surface area contributed by atoms with Crippen LogP contribution in [-0.2, 0) is 26.2 Å². The van der Waals surface area contributed by atoms with Gasteiger partial charge < -0.3 is 15.0 Å². The Morgan fingerprint density at radius 1 is 0.975 bits per heavy atom. The first-order valence-electron chi connectivity index (χ1n) is 12.8. The molecule has 40 heavy (non-hydrogen) atoms. The van der Waals surface area contributed by atoms with Crippen LogP contribution in [0.25, 0.3) is 0 Å². The highest BCUT2D eigenvalue weighted by atomic mass is 35.5. The molecule has 1 unspecified atom stereocenters. The van der Waals surface area contributed by atoms with Crippen molar-refractivity contribution >= 4 is 50.9 Å². The SMILES string of the molecule is CCOc1ccc(N(CC(=O)N(Cc2ccc(Cl)cc2)C(CC)C(=O)NC)S(=O)(=O)c2ccc(SC)cc2)cc1. The lowest BCUT2D eigenvalue weighted by molar-refractivity contribution is -0.140. The molecule has 0 radical (unpaired) electrons. The number of benzene rings is 3. The topological polar surface area (TPSA) is 96.0 Å². The molecular weight excluding hydrogens is 570 g/mol. The molecule has 8 nitrogen and oxygen atoms in total. The molecule has 3 aromatic rings. The van der Waals surface area contributed by atoms with Crippen molar-refractivity contribution in [3.05, 3.63) is 83.4 Å². The van der Waals surface area contributed by atoms with Gasteiger partial charge in [-0.2, -0.15) is 0 Å². The van der Waals surface area contributed by atoms with E-state index in [1.165, 1.54) is 35.8 Å². The maximum Gasteiger partial charge on any atom is 0.264 e. The molecule has 0 spiro atoms. The lowest BCUT2D eigenvalue weighted by Crippen LogP contribution is -2.51. The molecule has 1 N–H and O–H groups in total. The minimum Gasteiger partial charge on any atom is -0.494 e. The summed E-state index contributed by atoms with van der Waals surface area (Å²) >= 11 is 7.54. The van der Waals surface area contributed by atoms with Gasteiger partial charge in [0, 0.05) is 23.5 Å². The van der Waals surface area contributed by atoms with Crippen molar-refractivity contribution < 1.29 is 22.7 Å². The Morgan fingerprint density at radius 2 is 1.60 bits per heavy atom. The highest BCUT2D eigenvalue weighted by Crippen LogP contribution is 2.28. The molecule has 0 aromatic heterocycles. The molecule has 0 aliphatic carbocycles. The smallest absolute Gasteiger partial charge is 0.264 e. The second-order valence-electron chi connectivity index (χ2n) is 8.80. The Kier molecular flexibility index (Phi) is 11.3. The van der Waals surface area contributed by atoms with Gasteiger partial charge in [-0.3, -0.25) is 13.9 Å². The fraction of sp³-hybridized carbons (Fsp3) is 0.310. The van der Waals surface area contributed by atoms with Crippen LogP contribution in [0.1, 0.15) is 25.8 Å². The van der Waals surface area contributed by atoms with E-state index in [1.54, 1.807) is 67.6 Å². The number of rotatable bonds is 13. The Labute approximate surface area is 245 Å². The van der Waals surface area contributed by atoms with Gasteiger partial charge in [0.2, 0.25) is 11.8 Å². The third-order valence-corrected chi connectivity index (χ3v) is 9.04. The van der Waals surface area contributed by atoms with Gasteiger partial charge in [0.05, 0.1) is 17.2 Å². The highest BCUT2D eigenvalue weighted by Gasteiger charge is 2.33. The van der Waals surface area contributed by atoms with Gasteiger partial charge in [0.1, 0.15) is 18.3 Å². The maximum atomic E-state index is 14.0. The summed E-state index contributed by atoms with van der Waals surface area (Å²) in [6.07, 6.45) is 2.24. The molecule has 0 fully saturated rings. The van der Waals surface area contributed by atoms with Crippen LogP contribution in [0.15, 0.2) is 82.6 Å². The Balaban J connectivity index is 2.05. The summed E-state index contributed by atoms with van der Waals surface area (Å²) in [7, 11) is -2.65. The van der Waals surface area contributed by atoms with Crippen molar-refractivity contribution in [2.45, 2.75) is 42.6 Å². The van der Waals surface area contributed by atoms with E-state index in [0.717, 1.165) is 14.8 Å². The van der Waals surface area contributed by atoms with E-state index in [1.807, 2.05) is 13.2 Å². The van der Waals surface area contributed by atoms with Gasteiger partial charge >= 0.3 is 0 Å². The monoisotopic (exact) mass is 603 g/mol. The van der Waals surface area contributed by atoms with E-state index in [9.17, 15) is 18.0 Å². The minimum absolute atomic E-state index is 0.0505. The number of hydrogen-bond acceptors (Lipinski definition) is 6. The second kappa shape index (κ2) is 14.4. The molecule has 1 atom stereocenters. The molecule has 214 valence electrons. The van der Waals surface area contributed by atoms with Crippen molar-refractivity contribution in [3.8, 4) is 5.75 Å². The molecule has 2 amide bonds. The lowest BCUT2D eigenvalue weighted by atomic mass is 10.1. The molecule has 0 aliphatic rings. The average Bonchev–Trinajstić information content (AvgIpc) is 2.97. The number of ether oxygens (including phenoxy) is 1. The van der Waals surface area contributed by atoms with Crippen LogP contribution in [0.3, 0.4) is 0 Å². The normalized spacial score (nSPS) is 11.9. The van der Waals surface area contributed by atoms with Crippen LogP contribution >= 0.6 is 23.4 Å².